The summed E-state index contributed by atoms with van der Waals surface area (Å²) in [6, 6.07) is 20.2. The zero-order chi connectivity index (χ0) is 26.3. The highest BCUT2D eigenvalue weighted by Crippen LogP contribution is 2.32. The standard InChI is InChI=1S/C30H28BrN3O2S/c1-19-9-11-24(15-21(19)3)34-29(35)27(32(4)30(34)37)16-22-18-33(26-12-10-23(31)17-25(22)26)13-14-36-28-8-6-5-7-20(28)2/h5-12,15-18H,13-14H2,1-4H3/b27-16-. The van der Waals surface area contributed by atoms with Gasteiger partial charge in [-0.25, -0.2) is 0 Å². The number of hydrogen-bond donors (Lipinski definition) is 0. The van der Waals surface area contributed by atoms with Gasteiger partial charge in [-0.05, 0) is 92.2 Å². The molecule has 1 saturated heterocycles. The zero-order valence-electron chi connectivity index (χ0n) is 21.3. The third-order valence-electron chi connectivity index (χ3n) is 6.86. The van der Waals surface area contributed by atoms with Gasteiger partial charge in [0.15, 0.2) is 5.11 Å². The van der Waals surface area contributed by atoms with E-state index in [1.165, 1.54) is 5.56 Å². The summed E-state index contributed by atoms with van der Waals surface area (Å²) in [5.74, 6) is 0.761. The molecule has 37 heavy (non-hydrogen) atoms. The second kappa shape index (κ2) is 10.1. The van der Waals surface area contributed by atoms with Crippen molar-refractivity contribution in [1.29, 1.82) is 0 Å². The number of anilines is 1. The van der Waals surface area contributed by atoms with Crippen LogP contribution in [-0.2, 0) is 11.3 Å². The molecule has 1 aromatic heterocycles. The van der Waals surface area contributed by atoms with Crippen molar-refractivity contribution in [3.63, 3.8) is 0 Å². The summed E-state index contributed by atoms with van der Waals surface area (Å²) >= 11 is 9.29. The Hall–Kier alpha value is -3.42. The Labute approximate surface area is 231 Å². The van der Waals surface area contributed by atoms with Gasteiger partial charge >= 0.3 is 0 Å². The van der Waals surface area contributed by atoms with Crippen LogP contribution in [0, 0.1) is 20.8 Å². The number of fused-ring (bicyclic) bond motifs is 1. The number of aryl methyl sites for hydroxylation is 3. The predicted molar refractivity (Wildman–Crippen MR) is 158 cm³/mol. The Morgan fingerprint density at radius 1 is 0.973 bits per heavy atom. The Kier molecular flexibility index (Phi) is 6.92. The third-order valence-corrected chi connectivity index (χ3v) is 7.81. The highest BCUT2D eigenvalue weighted by atomic mass is 79.9. The highest BCUT2D eigenvalue weighted by molar-refractivity contribution is 9.10. The van der Waals surface area contributed by atoms with E-state index in [9.17, 15) is 4.79 Å². The van der Waals surface area contributed by atoms with Crippen LogP contribution in [0.4, 0.5) is 5.69 Å². The van der Waals surface area contributed by atoms with Gasteiger partial charge in [-0.15, -0.1) is 0 Å². The number of nitrogens with zero attached hydrogens (tertiary/aromatic N) is 3. The molecular formula is C30H28BrN3O2S. The molecule has 188 valence electrons. The minimum absolute atomic E-state index is 0.130. The van der Waals surface area contributed by atoms with E-state index in [2.05, 4.69) is 45.8 Å². The summed E-state index contributed by atoms with van der Waals surface area (Å²) in [6.07, 6.45) is 4.01. The number of carbonyl (C=O) groups excluding carboxylic acids is 1. The Morgan fingerprint density at radius 2 is 1.76 bits per heavy atom. The van der Waals surface area contributed by atoms with E-state index >= 15 is 0 Å². The number of likely N-dealkylation sites (N-methyl/N-ethyl adjacent to an activating group) is 1. The van der Waals surface area contributed by atoms with E-state index in [0.29, 0.717) is 24.0 Å². The minimum Gasteiger partial charge on any atom is -0.491 e. The molecule has 0 bridgehead atoms. The Balaban J connectivity index is 1.47. The molecule has 2 heterocycles. The van der Waals surface area contributed by atoms with Gasteiger partial charge in [-0.3, -0.25) is 9.69 Å². The fraction of sp³-hybridized carbons (Fsp3) is 0.200. The van der Waals surface area contributed by atoms with Crippen LogP contribution in [-0.4, -0.2) is 34.1 Å². The van der Waals surface area contributed by atoms with Crippen molar-refractivity contribution >= 4 is 61.8 Å². The van der Waals surface area contributed by atoms with E-state index < -0.39 is 0 Å². The summed E-state index contributed by atoms with van der Waals surface area (Å²) in [5.41, 5.74) is 6.76. The molecule has 4 aromatic rings. The number of benzene rings is 3. The molecule has 5 nitrogen and oxygen atoms in total. The van der Waals surface area contributed by atoms with Crippen molar-refractivity contribution in [2.45, 2.75) is 27.3 Å². The first-order valence-corrected chi connectivity index (χ1v) is 13.3. The lowest BCUT2D eigenvalue weighted by Gasteiger charge is -2.17. The predicted octanol–water partition coefficient (Wildman–Crippen LogP) is 7.01. The fourth-order valence-electron chi connectivity index (χ4n) is 4.57. The van der Waals surface area contributed by atoms with Gasteiger partial charge in [0.2, 0.25) is 0 Å². The maximum atomic E-state index is 13.6. The number of aromatic nitrogens is 1. The molecule has 0 saturated carbocycles. The van der Waals surface area contributed by atoms with Crippen LogP contribution in [0.25, 0.3) is 17.0 Å². The van der Waals surface area contributed by atoms with E-state index in [1.807, 2.05) is 75.5 Å². The molecule has 0 atom stereocenters. The fourth-order valence-corrected chi connectivity index (χ4v) is 5.21. The Bertz CT molecular complexity index is 1570. The quantitative estimate of drug-likeness (QED) is 0.183. The van der Waals surface area contributed by atoms with Crippen molar-refractivity contribution in [3.05, 3.63) is 99.3 Å². The van der Waals surface area contributed by atoms with Crippen LogP contribution < -0.4 is 9.64 Å². The number of ether oxygens (including phenoxy) is 1. The molecule has 0 aliphatic carbocycles. The first-order chi connectivity index (χ1) is 17.7. The van der Waals surface area contributed by atoms with E-state index in [0.717, 1.165) is 43.5 Å². The molecule has 7 heteroatoms. The van der Waals surface area contributed by atoms with Crippen molar-refractivity contribution in [2.75, 3.05) is 18.6 Å². The van der Waals surface area contributed by atoms with Gasteiger partial charge in [-0.1, -0.05) is 40.2 Å². The van der Waals surface area contributed by atoms with Crippen LogP contribution in [0.15, 0.2) is 77.0 Å². The molecule has 0 radical (unpaired) electrons. The van der Waals surface area contributed by atoms with Crippen molar-refractivity contribution in [3.8, 4) is 5.75 Å². The molecule has 1 aliphatic heterocycles. The molecule has 5 rings (SSSR count). The summed E-state index contributed by atoms with van der Waals surface area (Å²) in [7, 11) is 1.85. The molecule has 3 aromatic carbocycles. The maximum Gasteiger partial charge on any atom is 0.281 e. The molecule has 0 N–H and O–H groups in total. The number of amides is 1. The van der Waals surface area contributed by atoms with Crippen LogP contribution >= 0.6 is 28.1 Å². The number of rotatable bonds is 6. The van der Waals surface area contributed by atoms with Gasteiger partial charge in [-0.2, -0.15) is 0 Å². The molecule has 0 spiro atoms. The second-order valence-corrected chi connectivity index (χ2v) is 10.6. The number of thiocarbonyl (C=S) groups is 1. The van der Waals surface area contributed by atoms with Crippen molar-refractivity contribution in [1.82, 2.24) is 9.47 Å². The van der Waals surface area contributed by atoms with Crippen LogP contribution in [0.5, 0.6) is 5.75 Å². The van der Waals surface area contributed by atoms with E-state index in [-0.39, 0.29) is 5.91 Å². The zero-order valence-corrected chi connectivity index (χ0v) is 23.7. The number of halogens is 1. The van der Waals surface area contributed by atoms with E-state index in [4.69, 9.17) is 17.0 Å². The summed E-state index contributed by atoms with van der Waals surface area (Å²) in [5, 5.41) is 1.52. The normalized spacial score (nSPS) is 14.9. The Morgan fingerprint density at radius 3 is 2.51 bits per heavy atom. The number of para-hydroxylation sites is 1. The first-order valence-electron chi connectivity index (χ1n) is 12.1. The molecule has 0 unspecified atom stereocenters. The molecular weight excluding hydrogens is 546 g/mol. The summed E-state index contributed by atoms with van der Waals surface area (Å²) < 4.78 is 9.20. The SMILES string of the molecule is Cc1ccc(N2C(=O)/C(=C/c3cn(CCOc4ccccc4C)c4ccc(Br)cc34)N(C)C2=S)cc1C. The summed E-state index contributed by atoms with van der Waals surface area (Å²) in [6.45, 7) is 7.35. The molecule has 1 fully saturated rings. The van der Waals surface area contributed by atoms with Crippen LogP contribution in [0.2, 0.25) is 0 Å². The van der Waals surface area contributed by atoms with E-state index in [1.54, 1.807) is 9.80 Å². The van der Waals surface area contributed by atoms with Gasteiger partial charge in [0.25, 0.3) is 5.91 Å². The monoisotopic (exact) mass is 573 g/mol. The second-order valence-electron chi connectivity index (χ2n) is 9.33. The molecule has 1 amide bonds. The third kappa shape index (κ3) is 4.81. The lowest BCUT2D eigenvalue weighted by molar-refractivity contribution is -0.114. The van der Waals surface area contributed by atoms with Gasteiger partial charge in [0.1, 0.15) is 18.1 Å². The average molecular weight is 575 g/mol. The molecule has 1 aliphatic rings. The first kappa shape index (κ1) is 25.2. The number of hydrogen-bond acceptors (Lipinski definition) is 3. The maximum absolute atomic E-state index is 13.6. The van der Waals surface area contributed by atoms with Gasteiger partial charge < -0.3 is 14.2 Å². The smallest absolute Gasteiger partial charge is 0.281 e. The topological polar surface area (TPSA) is 37.7 Å². The lowest BCUT2D eigenvalue weighted by Crippen LogP contribution is -2.31. The van der Waals surface area contributed by atoms with Gasteiger partial charge in [0, 0.05) is 34.2 Å². The van der Waals surface area contributed by atoms with Crippen molar-refractivity contribution < 1.29 is 9.53 Å². The van der Waals surface area contributed by atoms with Crippen molar-refractivity contribution in [2.24, 2.45) is 0 Å². The average Bonchev–Trinajstić information content (AvgIpc) is 3.31. The highest BCUT2D eigenvalue weighted by Gasteiger charge is 2.37. The number of carbonyl (C=O) groups is 1. The van der Waals surface area contributed by atoms with Gasteiger partial charge in [0.05, 0.1) is 12.2 Å². The van der Waals surface area contributed by atoms with Crippen LogP contribution in [0.1, 0.15) is 22.3 Å². The van der Waals surface area contributed by atoms with Crippen LogP contribution in [0.3, 0.4) is 0 Å². The largest absolute Gasteiger partial charge is 0.491 e. The summed E-state index contributed by atoms with van der Waals surface area (Å²) in [4.78, 5) is 17.0. The minimum atomic E-state index is -0.130. The lowest BCUT2D eigenvalue weighted by atomic mass is 10.1.